The maximum absolute atomic E-state index is 14.3. The highest BCUT2D eigenvalue weighted by atomic mass is 35.5. The molecule has 3 saturated carbocycles. The van der Waals surface area contributed by atoms with Gasteiger partial charge in [-0.1, -0.05) is 74.8 Å². The lowest BCUT2D eigenvalue weighted by Crippen LogP contribution is -2.62. The number of halogens is 1. The van der Waals surface area contributed by atoms with Gasteiger partial charge in [-0.3, -0.25) is 14.4 Å². The number of hydrogen-bond acceptors (Lipinski definition) is 9. The molecule has 3 aromatic rings. The quantitative estimate of drug-likeness (QED) is 0.145. The molecule has 0 radical (unpaired) electrons. The number of nitrogens with zero attached hydrogens (tertiary/aromatic N) is 2. The zero-order valence-corrected chi connectivity index (χ0v) is 35.8. The second kappa shape index (κ2) is 19.5. The first kappa shape index (κ1) is 44.6. The largest absolute Gasteiger partial charge is 0.496 e. The molecule has 9 atom stereocenters. The molecule has 312 valence electrons. The highest BCUT2D eigenvalue weighted by molar-refractivity contribution is 6.31. The number of hydrogen-bond donors (Lipinski definition) is 5. The van der Waals surface area contributed by atoms with E-state index in [4.69, 9.17) is 21.2 Å². The SMILES string of the molecule is CNC.COc1c(-c2cccc(C(=O)N[C@@H](Cc3ccccc3)CN(C)C)c2)ccc(Cl)c1CN1O[C@@H](CO)[C@@H]([C@H](C)O)[C@H]1C(=O)N[C@H]1C[C@H]2C[C@@H]([C@@H]1C)C2(C)C. The number of likely N-dealkylation sites (N-methyl/N-ethyl adjacent to an activating group) is 1. The van der Waals surface area contributed by atoms with Crippen LogP contribution in [0.15, 0.2) is 66.7 Å². The van der Waals surface area contributed by atoms with Crippen LogP contribution in [-0.2, 0) is 22.6 Å². The summed E-state index contributed by atoms with van der Waals surface area (Å²) in [5.41, 5.74) is 3.97. The number of carbonyl (C=O) groups is 2. The van der Waals surface area contributed by atoms with E-state index < -0.39 is 24.2 Å². The Morgan fingerprint density at radius 3 is 2.37 bits per heavy atom. The van der Waals surface area contributed by atoms with Gasteiger partial charge in [-0.05, 0) is 113 Å². The Labute approximate surface area is 344 Å². The van der Waals surface area contributed by atoms with Gasteiger partial charge in [0.2, 0.25) is 5.91 Å². The van der Waals surface area contributed by atoms with Crippen LogP contribution in [-0.4, -0.2) is 111 Å². The summed E-state index contributed by atoms with van der Waals surface area (Å²) in [6, 6.07) is 20.2. The molecule has 3 aromatic carbocycles. The summed E-state index contributed by atoms with van der Waals surface area (Å²) >= 11 is 6.88. The topological polar surface area (TPSA) is 136 Å². The van der Waals surface area contributed by atoms with Crippen molar-refractivity contribution in [1.82, 2.24) is 25.9 Å². The summed E-state index contributed by atoms with van der Waals surface area (Å²) in [4.78, 5) is 36.3. The summed E-state index contributed by atoms with van der Waals surface area (Å²) in [6.45, 7) is 8.87. The second-order valence-corrected chi connectivity index (χ2v) is 17.5. The molecule has 2 bridgehead atoms. The van der Waals surface area contributed by atoms with Crippen LogP contribution in [0.5, 0.6) is 5.75 Å². The van der Waals surface area contributed by atoms with Crippen LogP contribution in [0.3, 0.4) is 0 Å². The second-order valence-electron chi connectivity index (χ2n) is 17.0. The van der Waals surface area contributed by atoms with Crippen molar-refractivity contribution < 1.29 is 29.4 Å². The molecular weight excluding hydrogens is 742 g/mol. The van der Waals surface area contributed by atoms with E-state index in [2.05, 4.69) is 53.8 Å². The predicted molar refractivity (Wildman–Crippen MR) is 226 cm³/mol. The van der Waals surface area contributed by atoms with Crippen LogP contribution in [0.4, 0.5) is 0 Å². The number of hydroxylamine groups is 2. The van der Waals surface area contributed by atoms with Gasteiger partial charge in [0.1, 0.15) is 17.9 Å². The monoisotopic (exact) mass is 805 g/mol. The van der Waals surface area contributed by atoms with E-state index in [1.165, 1.54) is 6.42 Å². The van der Waals surface area contributed by atoms with E-state index in [0.29, 0.717) is 58.2 Å². The fourth-order valence-electron chi connectivity index (χ4n) is 9.45. The Bertz CT molecular complexity index is 1810. The zero-order valence-electron chi connectivity index (χ0n) is 35.1. The number of aliphatic hydroxyl groups is 2. The standard InChI is InChI=1S/C43H57ClN4O6.C2H7N/c1-25-34-20-30(43(34,3)4)21-36(25)46-42(52)39-38(26(2)50)37(24-49)54-48(39)23-33-35(44)17-16-32(40(33)53-7)28-14-11-15-29(19-28)41(51)45-31(22-47(5)6)18-27-12-9-8-10-13-27;1-3-2/h8-17,19,25-26,30-31,34,36-39,49-50H,18,20-24H2,1-7H3,(H,45,51)(H,46,52);3H,1-2H3/t25-,26-,30+,31-,34-,36-,37-,38+,39-;/m0./s1. The molecule has 4 fully saturated rings. The number of amides is 2. The molecule has 1 saturated heterocycles. The van der Waals surface area contributed by atoms with Crippen molar-refractivity contribution in [3.05, 3.63) is 88.4 Å². The molecule has 11 nitrogen and oxygen atoms in total. The van der Waals surface area contributed by atoms with E-state index >= 15 is 0 Å². The normalized spacial score (nSPS) is 26.1. The van der Waals surface area contributed by atoms with Gasteiger partial charge < -0.3 is 35.8 Å². The number of rotatable bonds is 14. The molecule has 5 N–H and O–H groups in total. The molecule has 1 heterocycles. The van der Waals surface area contributed by atoms with Crippen LogP contribution in [0.2, 0.25) is 5.02 Å². The van der Waals surface area contributed by atoms with Crippen LogP contribution in [0.1, 0.15) is 62.0 Å². The van der Waals surface area contributed by atoms with Gasteiger partial charge in [-0.25, -0.2) is 0 Å². The van der Waals surface area contributed by atoms with Gasteiger partial charge in [0, 0.05) is 46.3 Å². The first-order chi connectivity index (χ1) is 27.1. The van der Waals surface area contributed by atoms with Crippen molar-refractivity contribution in [3.8, 4) is 16.9 Å². The minimum atomic E-state index is -0.929. The van der Waals surface area contributed by atoms with Gasteiger partial charge >= 0.3 is 0 Å². The Balaban J connectivity index is 0.00000200. The maximum atomic E-state index is 14.3. The van der Waals surface area contributed by atoms with Crippen molar-refractivity contribution in [2.45, 2.75) is 83.8 Å². The fourth-order valence-corrected chi connectivity index (χ4v) is 9.66. The number of aliphatic hydroxyl groups excluding tert-OH is 2. The minimum absolute atomic E-state index is 0.0152. The van der Waals surface area contributed by atoms with Crippen molar-refractivity contribution in [2.24, 2.45) is 29.1 Å². The third kappa shape index (κ3) is 10.0. The van der Waals surface area contributed by atoms with E-state index in [-0.39, 0.29) is 42.5 Å². The fraction of sp³-hybridized carbons (Fsp3) is 0.556. The van der Waals surface area contributed by atoms with Crippen LogP contribution < -0.4 is 20.7 Å². The molecule has 2 amide bonds. The lowest BCUT2D eigenvalue weighted by atomic mass is 9.45. The average molecular weight is 806 g/mol. The molecule has 57 heavy (non-hydrogen) atoms. The van der Waals surface area contributed by atoms with E-state index in [1.807, 2.05) is 70.7 Å². The van der Waals surface area contributed by atoms with Gasteiger partial charge in [0.15, 0.2) is 0 Å². The predicted octanol–water partition coefficient (Wildman–Crippen LogP) is 5.41. The third-order valence-electron chi connectivity index (χ3n) is 12.5. The number of ether oxygens (including phenoxy) is 1. The lowest BCUT2D eigenvalue weighted by Gasteiger charge is -2.62. The Kier molecular flexibility index (Phi) is 15.2. The zero-order chi connectivity index (χ0) is 41.6. The summed E-state index contributed by atoms with van der Waals surface area (Å²) in [6.07, 6.45) is 1.08. The molecule has 1 aliphatic heterocycles. The highest BCUT2D eigenvalue weighted by Gasteiger charge is 2.57. The van der Waals surface area contributed by atoms with Gasteiger partial charge in [0.25, 0.3) is 5.91 Å². The Hall–Kier alpha value is -3.55. The van der Waals surface area contributed by atoms with Crippen LogP contribution >= 0.6 is 11.6 Å². The average Bonchev–Trinajstić information content (AvgIpc) is 3.55. The first-order valence-corrected chi connectivity index (χ1v) is 20.6. The van der Waals surface area contributed by atoms with Crippen molar-refractivity contribution in [2.75, 3.05) is 48.5 Å². The smallest absolute Gasteiger partial charge is 0.251 e. The third-order valence-corrected chi connectivity index (χ3v) is 12.8. The first-order valence-electron chi connectivity index (χ1n) is 20.2. The number of benzene rings is 3. The molecular formula is C45H64ClN5O6. The molecule has 0 spiro atoms. The molecule has 0 aromatic heterocycles. The van der Waals surface area contributed by atoms with Gasteiger partial charge in [-0.2, -0.15) is 5.06 Å². The summed E-state index contributed by atoms with van der Waals surface area (Å²) in [5.74, 6) is 0.788. The maximum Gasteiger partial charge on any atom is 0.251 e. The molecule has 0 unspecified atom stereocenters. The Morgan fingerprint density at radius 1 is 1.07 bits per heavy atom. The molecule has 7 rings (SSSR count). The van der Waals surface area contributed by atoms with E-state index in [0.717, 1.165) is 17.5 Å². The van der Waals surface area contributed by atoms with Crippen molar-refractivity contribution in [3.63, 3.8) is 0 Å². The summed E-state index contributed by atoms with van der Waals surface area (Å²) in [5, 5.41) is 32.5. The minimum Gasteiger partial charge on any atom is -0.496 e. The molecule has 4 aliphatic rings. The van der Waals surface area contributed by atoms with Crippen molar-refractivity contribution >= 4 is 23.4 Å². The number of nitrogens with one attached hydrogen (secondary N) is 3. The summed E-state index contributed by atoms with van der Waals surface area (Å²) < 4.78 is 6.02. The van der Waals surface area contributed by atoms with Crippen LogP contribution in [0, 0.1) is 29.1 Å². The summed E-state index contributed by atoms with van der Waals surface area (Å²) in [7, 11) is 9.29. The lowest BCUT2D eigenvalue weighted by molar-refractivity contribution is -0.183. The van der Waals surface area contributed by atoms with Gasteiger partial charge in [0.05, 0.1) is 26.4 Å². The number of fused-ring (bicyclic) bond motifs is 2. The highest BCUT2D eigenvalue weighted by Crippen LogP contribution is 2.61. The molecule has 3 aliphatic carbocycles. The van der Waals surface area contributed by atoms with Crippen LogP contribution in [0.25, 0.3) is 11.1 Å². The number of carbonyl (C=O) groups excluding carboxylic acids is 2. The Morgan fingerprint density at radius 2 is 1.77 bits per heavy atom. The van der Waals surface area contributed by atoms with E-state index in [1.54, 1.807) is 31.2 Å². The van der Waals surface area contributed by atoms with Gasteiger partial charge in [-0.15, -0.1) is 0 Å². The molecule has 12 heteroatoms. The van der Waals surface area contributed by atoms with Crippen molar-refractivity contribution in [1.29, 1.82) is 0 Å². The van der Waals surface area contributed by atoms with E-state index in [9.17, 15) is 19.8 Å². The number of methoxy groups -OCH3 is 1.